The lowest BCUT2D eigenvalue weighted by Crippen LogP contribution is -2.39. The van der Waals surface area contributed by atoms with Crippen molar-refractivity contribution in [1.29, 1.82) is 0 Å². The van der Waals surface area contributed by atoms with Crippen LogP contribution < -0.4 is 5.32 Å². The summed E-state index contributed by atoms with van der Waals surface area (Å²) in [6, 6.07) is 0. The molecule has 1 aromatic heterocycles. The van der Waals surface area contributed by atoms with Crippen LogP contribution in [0.2, 0.25) is 4.47 Å². The number of hydrogen-bond donors (Lipinski definition) is 1. The number of hydrogen-bond acceptors (Lipinski definition) is 4. The minimum absolute atomic E-state index is 0.174. The summed E-state index contributed by atoms with van der Waals surface area (Å²) < 4.78 is 0.301. The van der Waals surface area contributed by atoms with Gasteiger partial charge >= 0.3 is 0 Å². The molecule has 0 radical (unpaired) electrons. The summed E-state index contributed by atoms with van der Waals surface area (Å²) in [5.41, 5.74) is 0.282. The lowest BCUT2D eigenvalue weighted by atomic mass is 9.70. The van der Waals surface area contributed by atoms with Crippen LogP contribution in [0.4, 0.5) is 0 Å². The van der Waals surface area contributed by atoms with Crippen molar-refractivity contribution in [1.82, 2.24) is 15.5 Å². The molecule has 0 unspecified atom stereocenters. The Morgan fingerprint density at radius 2 is 2.33 bits per heavy atom. The van der Waals surface area contributed by atoms with Gasteiger partial charge in [-0.15, -0.1) is 10.2 Å². The summed E-state index contributed by atoms with van der Waals surface area (Å²) in [5, 5.41) is 10.5. The highest BCUT2D eigenvalue weighted by atomic mass is 35.5. The Hall–Kier alpha value is -0.680. The largest absolute Gasteiger partial charge is 0.349 e. The number of halogens is 1. The highest BCUT2D eigenvalue weighted by Crippen LogP contribution is 2.39. The van der Waals surface area contributed by atoms with Gasteiger partial charge in [-0.2, -0.15) is 0 Å². The first-order valence-corrected chi connectivity index (χ1v) is 6.06. The monoisotopic (exact) mass is 245 g/mol. The Bertz CT molecular complexity index is 375. The van der Waals surface area contributed by atoms with E-state index in [1.807, 2.05) is 0 Å². The zero-order valence-electron chi connectivity index (χ0n) is 8.42. The fourth-order valence-corrected chi connectivity index (χ4v) is 2.37. The molecule has 15 heavy (non-hydrogen) atoms. The first-order chi connectivity index (χ1) is 7.09. The third kappa shape index (κ3) is 2.46. The first kappa shape index (κ1) is 10.8. The summed E-state index contributed by atoms with van der Waals surface area (Å²) in [7, 11) is 0. The van der Waals surface area contributed by atoms with E-state index in [9.17, 15) is 4.79 Å². The molecule has 0 spiro atoms. The van der Waals surface area contributed by atoms with Crippen molar-refractivity contribution in [2.75, 3.05) is 6.54 Å². The molecular formula is C9H12ClN3OS. The molecule has 0 bridgehead atoms. The first-order valence-electron chi connectivity index (χ1n) is 4.86. The van der Waals surface area contributed by atoms with Crippen LogP contribution in [0.3, 0.4) is 0 Å². The maximum Gasteiger partial charge on any atom is 0.282 e. The third-order valence-corrected chi connectivity index (χ3v) is 3.85. The standard InChI is InChI=1S/C9H12ClN3OS/c1-9(3-2-4-9)5-11-6(14)7-12-13-8(10)15-7/h2-5H2,1H3,(H,11,14). The van der Waals surface area contributed by atoms with Crippen molar-refractivity contribution < 1.29 is 4.79 Å². The Morgan fingerprint density at radius 3 is 2.80 bits per heavy atom. The van der Waals surface area contributed by atoms with E-state index in [1.165, 1.54) is 19.3 Å². The summed E-state index contributed by atoms with van der Waals surface area (Å²) >= 11 is 6.70. The van der Waals surface area contributed by atoms with E-state index >= 15 is 0 Å². The Labute approximate surface area is 97.0 Å². The molecule has 1 aliphatic carbocycles. The van der Waals surface area contributed by atoms with E-state index in [4.69, 9.17) is 11.6 Å². The fourth-order valence-electron chi connectivity index (χ4n) is 1.62. The molecule has 0 saturated heterocycles. The minimum atomic E-state index is -0.174. The van der Waals surface area contributed by atoms with Crippen molar-refractivity contribution in [2.45, 2.75) is 26.2 Å². The smallest absolute Gasteiger partial charge is 0.282 e. The lowest BCUT2D eigenvalue weighted by Gasteiger charge is -2.38. The molecule has 1 fully saturated rings. The van der Waals surface area contributed by atoms with Crippen molar-refractivity contribution in [3.8, 4) is 0 Å². The highest BCUT2D eigenvalue weighted by Gasteiger charge is 2.32. The predicted molar refractivity (Wildman–Crippen MR) is 59.2 cm³/mol. The van der Waals surface area contributed by atoms with Gasteiger partial charge in [0.2, 0.25) is 9.47 Å². The lowest BCUT2D eigenvalue weighted by molar-refractivity contribution is 0.0889. The van der Waals surface area contributed by atoms with Gasteiger partial charge in [-0.1, -0.05) is 24.7 Å². The number of rotatable bonds is 3. The van der Waals surface area contributed by atoms with Gasteiger partial charge in [0.05, 0.1) is 0 Å². The van der Waals surface area contributed by atoms with Gasteiger partial charge in [0.15, 0.2) is 0 Å². The summed E-state index contributed by atoms with van der Waals surface area (Å²) in [6.07, 6.45) is 3.63. The van der Waals surface area contributed by atoms with Gasteiger partial charge in [0, 0.05) is 6.54 Å². The van der Waals surface area contributed by atoms with Crippen molar-refractivity contribution in [3.05, 3.63) is 9.47 Å². The third-order valence-electron chi connectivity index (χ3n) is 2.83. The molecular weight excluding hydrogens is 234 g/mol. The average Bonchev–Trinajstić information content (AvgIpc) is 2.58. The van der Waals surface area contributed by atoms with Crippen LogP contribution in [-0.4, -0.2) is 22.6 Å². The fraction of sp³-hybridized carbons (Fsp3) is 0.667. The topological polar surface area (TPSA) is 54.9 Å². The van der Waals surface area contributed by atoms with Gasteiger partial charge in [-0.25, -0.2) is 0 Å². The van der Waals surface area contributed by atoms with Crippen molar-refractivity contribution >= 4 is 28.8 Å². The SMILES string of the molecule is CC1(CNC(=O)c2nnc(Cl)s2)CCC1. The van der Waals surface area contributed by atoms with E-state index in [2.05, 4.69) is 22.4 Å². The van der Waals surface area contributed by atoms with Gasteiger partial charge < -0.3 is 5.32 Å². The molecule has 1 aliphatic rings. The molecule has 82 valence electrons. The second-order valence-corrected chi connectivity index (χ2v) is 5.77. The van der Waals surface area contributed by atoms with Crippen LogP contribution in [0, 0.1) is 5.41 Å². The average molecular weight is 246 g/mol. The molecule has 2 rings (SSSR count). The van der Waals surface area contributed by atoms with Crippen LogP contribution in [0.1, 0.15) is 36.0 Å². The quantitative estimate of drug-likeness (QED) is 0.888. The second kappa shape index (κ2) is 4.06. The molecule has 1 heterocycles. The molecule has 1 aromatic rings. The number of carbonyl (C=O) groups excluding carboxylic acids is 1. The Kier molecular flexibility index (Phi) is 2.93. The second-order valence-electron chi connectivity index (χ2n) is 4.21. The van der Waals surface area contributed by atoms with E-state index in [0.717, 1.165) is 11.3 Å². The zero-order chi connectivity index (χ0) is 10.9. The van der Waals surface area contributed by atoms with E-state index < -0.39 is 0 Å². The molecule has 0 aromatic carbocycles. The summed E-state index contributed by atoms with van der Waals surface area (Å²) in [4.78, 5) is 11.6. The molecule has 1 amide bonds. The summed E-state index contributed by atoms with van der Waals surface area (Å²) in [6.45, 7) is 2.90. The number of amides is 1. The highest BCUT2D eigenvalue weighted by molar-refractivity contribution is 7.17. The minimum Gasteiger partial charge on any atom is -0.349 e. The molecule has 1 N–H and O–H groups in total. The zero-order valence-corrected chi connectivity index (χ0v) is 9.99. The van der Waals surface area contributed by atoms with E-state index in [0.29, 0.717) is 16.0 Å². The van der Waals surface area contributed by atoms with E-state index in [1.54, 1.807) is 0 Å². The summed E-state index contributed by atoms with van der Waals surface area (Å²) in [5.74, 6) is -0.174. The Balaban J connectivity index is 1.87. The number of nitrogens with one attached hydrogen (secondary N) is 1. The number of carbonyl (C=O) groups is 1. The Morgan fingerprint density at radius 1 is 1.60 bits per heavy atom. The van der Waals surface area contributed by atoms with Crippen molar-refractivity contribution in [3.63, 3.8) is 0 Å². The maximum atomic E-state index is 11.6. The molecule has 0 atom stereocenters. The molecule has 0 aliphatic heterocycles. The number of aromatic nitrogens is 2. The molecule has 4 nitrogen and oxygen atoms in total. The van der Waals surface area contributed by atoms with Crippen LogP contribution in [0.5, 0.6) is 0 Å². The van der Waals surface area contributed by atoms with Crippen LogP contribution in [0.25, 0.3) is 0 Å². The van der Waals surface area contributed by atoms with Crippen molar-refractivity contribution in [2.24, 2.45) is 5.41 Å². The van der Waals surface area contributed by atoms with Crippen LogP contribution in [-0.2, 0) is 0 Å². The maximum absolute atomic E-state index is 11.6. The molecule has 1 saturated carbocycles. The van der Waals surface area contributed by atoms with Crippen LogP contribution in [0.15, 0.2) is 0 Å². The molecule has 6 heteroatoms. The normalized spacial score (nSPS) is 18.3. The van der Waals surface area contributed by atoms with Gasteiger partial charge in [0.1, 0.15) is 0 Å². The predicted octanol–water partition coefficient (Wildman–Crippen LogP) is 2.11. The van der Waals surface area contributed by atoms with Crippen LogP contribution >= 0.6 is 22.9 Å². The van der Waals surface area contributed by atoms with Gasteiger partial charge in [-0.05, 0) is 29.9 Å². The number of nitrogens with zero attached hydrogens (tertiary/aromatic N) is 2. The van der Waals surface area contributed by atoms with Gasteiger partial charge in [-0.3, -0.25) is 4.79 Å². The van der Waals surface area contributed by atoms with Gasteiger partial charge in [0.25, 0.3) is 5.91 Å². The van der Waals surface area contributed by atoms with E-state index in [-0.39, 0.29) is 11.3 Å².